The Morgan fingerprint density at radius 2 is 1.65 bits per heavy atom. The molecule has 1 aliphatic rings. The van der Waals surface area contributed by atoms with Crippen LogP contribution in [0.3, 0.4) is 0 Å². The van der Waals surface area contributed by atoms with Crippen LogP contribution in [0.1, 0.15) is 37.7 Å². The van der Waals surface area contributed by atoms with Gasteiger partial charge in [-0.1, -0.05) is 5.57 Å². The molecular formula is C17H23N3O3. The minimum absolute atomic E-state index is 0.0101. The maximum atomic E-state index is 12.7. The molecule has 1 fully saturated rings. The van der Waals surface area contributed by atoms with Crippen LogP contribution in [-0.2, 0) is 16.6 Å². The van der Waals surface area contributed by atoms with Crippen LogP contribution in [0, 0.1) is 13.8 Å². The average molecular weight is 317 g/mol. The summed E-state index contributed by atoms with van der Waals surface area (Å²) in [6, 6.07) is 0. The molecule has 23 heavy (non-hydrogen) atoms. The topological polar surface area (TPSA) is 75.4 Å². The van der Waals surface area contributed by atoms with Crippen LogP contribution < -0.4 is 0 Å². The van der Waals surface area contributed by atoms with E-state index in [-0.39, 0.29) is 25.0 Å². The molecule has 0 radical (unpaired) electrons. The van der Waals surface area contributed by atoms with Crippen LogP contribution in [-0.4, -0.2) is 44.8 Å². The van der Waals surface area contributed by atoms with E-state index in [0.29, 0.717) is 11.1 Å². The number of hydrogen-bond donors (Lipinski definition) is 1. The van der Waals surface area contributed by atoms with Gasteiger partial charge in [0.05, 0.1) is 30.0 Å². The Kier molecular flexibility index (Phi) is 4.56. The number of aliphatic hydroxyl groups excluding tert-OH is 1. The largest absolute Gasteiger partial charge is 0.395 e. The van der Waals surface area contributed by atoms with Crippen molar-refractivity contribution in [2.45, 2.75) is 34.6 Å². The van der Waals surface area contributed by atoms with Gasteiger partial charge >= 0.3 is 0 Å². The Balaban J connectivity index is 2.74. The summed E-state index contributed by atoms with van der Waals surface area (Å²) in [5.74, 6) is -0.682. The van der Waals surface area contributed by atoms with Crippen molar-refractivity contribution in [3.05, 3.63) is 33.7 Å². The van der Waals surface area contributed by atoms with Crippen molar-refractivity contribution in [1.29, 1.82) is 0 Å². The van der Waals surface area contributed by atoms with Gasteiger partial charge in [0.15, 0.2) is 0 Å². The molecule has 0 aliphatic carbocycles. The van der Waals surface area contributed by atoms with Gasteiger partial charge in [-0.15, -0.1) is 0 Å². The fourth-order valence-corrected chi connectivity index (χ4v) is 3.13. The van der Waals surface area contributed by atoms with Gasteiger partial charge in [0.1, 0.15) is 0 Å². The van der Waals surface area contributed by atoms with Gasteiger partial charge < -0.3 is 5.11 Å². The van der Waals surface area contributed by atoms with Crippen LogP contribution in [0.5, 0.6) is 0 Å². The van der Waals surface area contributed by atoms with Crippen molar-refractivity contribution in [2.75, 3.05) is 13.2 Å². The zero-order chi connectivity index (χ0) is 17.5. The smallest absolute Gasteiger partial charge is 0.261 e. The summed E-state index contributed by atoms with van der Waals surface area (Å²) >= 11 is 0. The van der Waals surface area contributed by atoms with E-state index in [0.717, 1.165) is 33.0 Å². The normalized spacial score (nSPS) is 17.3. The van der Waals surface area contributed by atoms with Crippen molar-refractivity contribution < 1.29 is 14.7 Å². The number of allylic oxidation sites excluding steroid dienone is 2. The molecule has 0 aromatic carbocycles. The van der Waals surface area contributed by atoms with Crippen molar-refractivity contribution in [2.24, 2.45) is 7.05 Å². The summed E-state index contributed by atoms with van der Waals surface area (Å²) in [4.78, 5) is 26.4. The average Bonchev–Trinajstić information content (AvgIpc) is 2.86. The second kappa shape index (κ2) is 6.12. The molecule has 0 atom stereocenters. The molecule has 1 N–H and O–H groups in total. The predicted octanol–water partition coefficient (Wildman–Crippen LogP) is 1.51. The van der Waals surface area contributed by atoms with Crippen LogP contribution in [0.15, 0.2) is 16.7 Å². The first-order valence-corrected chi connectivity index (χ1v) is 7.58. The summed E-state index contributed by atoms with van der Waals surface area (Å²) in [5, 5.41) is 13.5. The highest BCUT2D eigenvalue weighted by molar-refractivity contribution is 6.27. The lowest BCUT2D eigenvalue weighted by Gasteiger charge is -2.11. The Morgan fingerprint density at radius 1 is 1.09 bits per heavy atom. The van der Waals surface area contributed by atoms with Crippen LogP contribution in [0.25, 0.3) is 5.57 Å². The number of likely N-dealkylation sites (tertiary alicyclic amines) is 1. The number of nitrogens with zero attached hydrogens (tertiary/aromatic N) is 3. The lowest BCUT2D eigenvalue weighted by Crippen LogP contribution is -2.32. The van der Waals surface area contributed by atoms with Gasteiger partial charge in [-0.05, 0) is 40.2 Å². The van der Waals surface area contributed by atoms with Gasteiger partial charge in [0.25, 0.3) is 11.8 Å². The molecule has 0 bridgehead atoms. The van der Waals surface area contributed by atoms with E-state index >= 15 is 0 Å². The minimum Gasteiger partial charge on any atom is -0.395 e. The number of β-amino-alcohol motifs (C(OH)–C–C–N with tert-alkyl or cyclic N) is 1. The number of hydrogen-bond acceptors (Lipinski definition) is 4. The van der Waals surface area contributed by atoms with Crippen LogP contribution >= 0.6 is 0 Å². The quantitative estimate of drug-likeness (QED) is 0.677. The van der Waals surface area contributed by atoms with Crippen LogP contribution in [0.4, 0.5) is 0 Å². The molecule has 124 valence electrons. The second-order valence-corrected chi connectivity index (χ2v) is 6.03. The zero-order valence-electron chi connectivity index (χ0n) is 14.5. The molecule has 6 nitrogen and oxygen atoms in total. The molecule has 0 unspecified atom stereocenters. The monoisotopic (exact) mass is 317 g/mol. The summed E-state index contributed by atoms with van der Waals surface area (Å²) in [6.07, 6.45) is 0. The molecule has 0 spiro atoms. The number of amides is 2. The zero-order valence-corrected chi connectivity index (χ0v) is 14.5. The van der Waals surface area contributed by atoms with Crippen molar-refractivity contribution in [1.82, 2.24) is 14.7 Å². The predicted molar refractivity (Wildman–Crippen MR) is 87.5 cm³/mol. The fraction of sp³-hybridized carbons (Fsp3) is 0.471. The van der Waals surface area contributed by atoms with Crippen molar-refractivity contribution in [3.63, 3.8) is 0 Å². The van der Waals surface area contributed by atoms with E-state index in [1.54, 1.807) is 4.68 Å². The first kappa shape index (κ1) is 17.1. The number of aryl methyl sites for hydroxylation is 2. The molecule has 1 aliphatic heterocycles. The Bertz CT molecular complexity index is 749. The summed E-state index contributed by atoms with van der Waals surface area (Å²) < 4.78 is 1.77. The highest BCUT2D eigenvalue weighted by atomic mass is 16.3. The maximum Gasteiger partial charge on any atom is 0.261 e. The van der Waals surface area contributed by atoms with Gasteiger partial charge in [-0.2, -0.15) is 5.10 Å². The van der Waals surface area contributed by atoms with Gasteiger partial charge in [-0.25, -0.2) is 0 Å². The summed E-state index contributed by atoms with van der Waals surface area (Å²) in [6.45, 7) is 9.08. The van der Waals surface area contributed by atoms with E-state index in [1.807, 2.05) is 41.7 Å². The molecule has 1 aromatic heterocycles. The lowest BCUT2D eigenvalue weighted by atomic mass is 9.94. The standard InChI is InChI=1S/C17H23N3O3/c1-9(2)13-15(17(23)20(7-8-21)16(13)22)10(3)14-11(4)18-19(6)12(14)5/h21H,7-8H2,1-6H3/b15-10+. The highest BCUT2D eigenvalue weighted by Gasteiger charge is 2.40. The SMILES string of the molecule is CC(C)=C1C(=O)N(CCO)C(=O)/C1=C(\C)c1c(C)nn(C)c1C. The van der Waals surface area contributed by atoms with Crippen LogP contribution in [0.2, 0.25) is 0 Å². The van der Waals surface area contributed by atoms with Crippen molar-refractivity contribution >= 4 is 17.4 Å². The number of carbonyl (C=O) groups is 2. The number of imide groups is 1. The van der Waals surface area contributed by atoms with Crippen molar-refractivity contribution in [3.8, 4) is 0 Å². The molecule has 0 saturated carbocycles. The molecule has 6 heteroatoms. The fourth-order valence-electron chi connectivity index (χ4n) is 3.13. The third-order valence-electron chi connectivity index (χ3n) is 4.25. The Labute approximate surface area is 136 Å². The third-order valence-corrected chi connectivity index (χ3v) is 4.25. The molecule has 1 saturated heterocycles. The Morgan fingerprint density at radius 3 is 2.09 bits per heavy atom. The number of rotatable bonds is 3. The second-order valence-electron chi connectivity index (χ2n) is 6.03. The van der Waals surface area contributed by atoms with Gasteiger partial charge in [0, 0.05) is 18.3 Å². The van der Waals surface area contributed by atoms with E-state index in [2.05, 4.69) is 5.10 Å². The van der Waals surface area contributed by atoms with E-state index in [1.165, 1.54) is 0 Å². The van der Waals surface area contributed by atoms with Gasteiger partial charge in [-0.3, -0.25) is 19.2 Å². The molecular weight excluding hydrogens is 294 g/mol. The van der Waals surface area contributed by atoms with E-state index in [4.69, 9.17) is 5.11 Å². The molecule has 2 amide bonds. The number of carbonyl (C=O) groups excluding carboxylic acids is 2. The first-order chi connectivity index (χ1) is 10.7. The molecule has 2 rings (SSSR count). The third kappa shape index (κ3) is 2.63. The lowest BCUT2D eigenvalue weighted by molar-refractivity contribution is -0.137. The molecule has 2 heterocycles. The Hall–Kier alpha value is -2.21. The number of aliphatic hydroxyl groups is 1. The molecule has 1 aromatic rings. The van der Waals surface area contributed by atoms with E-state index < -0.39 is 0 Å². The minimum atomic E-state index is -0.347. The summed E-state index contributed by atoms with van der Waals surface area (Å²) in [5.41, 5.74) is 5.06. The summed E-state index contributed by atoms with van der Waals surface area (Å²) in [7, 11) is 1.85. The van der Waals surface area contributed by atoms with Gasteiger partial charge in [0.2, 0.25) is 0 Å². The number of aromatic nitrogens is 2. The highest BCUT2D eigenvalue weighted by Crippen LogP contribution is 2.35. The van der Waals surface area contributed by atoms with E-state index in [9.17, 15) is 9.59 Å². The maximum absolute atomic E-state index is 12.7. The first-order valence-electron chi connectivity index (χ1n) is 7.58.